The lowest BCUT2D eigenvalue weighted by molar-refractivity contribution is 0.374. The fourth-order valence-electron chi connectivity index (χ4n) is 1.79. The molecular weight excluding hydrogens is 146 g/mol. The second-order valence-electron chi connectivity index (χ2n) is 3.66. The van der Waals surface area contributed by atoms with Gasteiger partial charge in [-0.2, -0.15) is 0 Å². The van der Waals surface area contributed by atoms with Crippen LogP contribution in [0, 0.1) is 5.92 Å². The molecule has 1 nitrogen and oxygen atoms in total. The number of nitrogens with one attached hydrogen (secondary N) is 1. The van der Waals surface area contributed by atoms with E-state index in [0.717, 1.165) is 12.3 Å². The van der Waals surface area contributed by atoms with Crippen LogP contribution in [0.25, 0.3) is 0 Å². The maximum absolute atomic E-state index is 4.04. The minimum atomic E-state index is 0.825. The standard InChI is InChI=1S/C11H19N/c1-3-5-10(2)8-11-6-4-7-12-9-11/h3,11-12H,1-2,4-9H2. The normalized spacial score (nSPS) is 23.5. The van der Waals surface area contributed by atoms with Crippen molar-refractivity contribution in [1.29, 1.82) is 0 Å². The maximum atomic E-state index is 4.04. The smallest absolute Gasteiger partial charge is 0.00174 e. The van der Waals surface area contributed by atoms with Crippen LogP contribution in [-0.4, -0.2) is 13.1 Å². The molecule has 1 saturated heterocycles. The summed E-state index contributed by atoms with van der Waals surface area (Å²) in [5, 5.41) is 3.42. The van der Waals surface area contributed by atoms with Gasteiger partial charge in [0.15, 0.2) is 0 Å². The highest BCUT2D eigenvalue weighted by molar-refractivity contribution is 5.01. The Morgan fingerprint density at radius 3 is 3.00 bits per heavy atom. The third kappa shape index (κ3) is 3.22. The van der Waals surface area contributed by atoms with Crippen molar-refractivity contribution >= 4 is 0 Å². The highest BCUT2D eigenvalue weighted by Crippen LogP contribution is 2.19. The first-order valence-electron chi connectivity index (χ1n) is 4.81. The Balaban J connectivity index is 2.19. The molecule has 0 bridgehead atoms. The number of rotatable bonds is 4. The van der Waals surface area contributed by atoms with Gasteiger partial charge in [0, 0.05) is 0 Å². The van der Waals surface area contributed by atoms with Crippen molar-refractivity contribution in [3.8, 4) is 0 Å². The molecule has 1 N–H and O–H groups in total. The third-order valence-electron chi connectivity index (χ3n) is 2.41. The van der Waals surface area contributed by atoms with Crippen LogP contribution in [0.5, 0.6) is 0 Å². The second-order valence-corrected chi connectivity index (χ2v) is 3.66. The van der Waals surface area contributed by atoms with E-state index in [0.29, 0.717) is 0 Å². The van der Waals surface area contributed by atoms with E-state index in [-0.39, 0.29) is 0 Å². The summed E-state index contributed by atoms with van der Waals surface area (Å²) in [6.07, 6.45) is 6.79. The summed E-state index contributed by atoms with van der Waals surface area (Å²) in [7, 11) is 0. The summed E-state index contributed by atoms with van der Waals surface area (Å²) in [5.41, 5.74) is 1.33. The van der Waals surface area contributed by atoms with Crippen molar-refractivity contribution in [2.45, 2.75) is 25.7 Å². The van der Waals surface area contributed by atoms with Crippen molar-refractivity contribution in [1.82, 2.24) is 5.32 Å². The number of hydrogen-bond donors (Lipinski definition) is 1. The quantitative estimate of drug-likeness (QED) is 0.631. The Labute approximate surface area is 75.6 Å². The minimum absolute atomic E-state index is 0.825. The summed E-state index contributed by atoms with van der Waals surface area (Å²) in [4.78, 5) is 0. The predicted molar refractivity (Wildman–Crippen MR) is 54.2 cm³/mol. The van der Waals surface area contributed by atoms with Crippen LogP contribution in [0.1, 0.15) is 25.7 Å². The molecule has 0 aromatic rings. The molecule has 1 aliphatic heterocycles. The lowest BCUT2D eigenvalue weighted by Gasteiger charge is -2.23. The van der Waals surface area contributed by atoms with E-state index in [4.69, 9.17) is 0 Å². The highest BCUT2D eigenvalue weighted by atomic mass is 14.9. The fraction of sp³-hybridized carbons (Fsp3) is 0.636. The first-order valence-corrected chi connectivity index (χ1v) is 4.81. The Morgan fingerprint density at radius 1 is 1.58 bits per heavy atom. The zero-order valence-electron chi connectivity index (χ0n) is 7.81. The Hall–Kier alpha value is -0.560. The first-order chi connectivity index (χ1) is 5.83. The molecule has 1 unspecified atom stereocenters. The van der Waals surface area contributed by atoms with Gasteiger partial charge in [0.2, 0.25) is 0 Å². The molecule has 1 heterocycles. The Kier molecular flexibility index (Phi) is 4.09. The summed E-state index contributed by atoms with van der Waals surface area (Å²) in [5.74, 6) is 0.825. The van der Waals surface area contributed by atoms with Crippen LogP contribution >= 0.6 is 0 Å². The van der Waals surface area contributed by atoms with Crippen LogP contribution in [0.3, 0.4) is 0 Å². The summed E-state index contributed by atoms with van der Waals surface area (Å²) in [6.45, 7) is 10.1. The first kappa shape index (κ1) is 9.53. The Bertz CT molecular complexity index is 154. The van der Waals surface area contributed by atoms with E-state index in [1.54, 1.807) is 0 Å². The van der Waals surface area contributed by atoms with E-state index in [1.165, 1.54) is 37.9 Å². The predicted octanol–water partition coefficient (Wildman–Crippen LogP) is 2.51. The van der Waals surface area contributed by atoms with Crippen LogP contribution in [0.4, 0.5) is 0 Å². The topological polar surface area (TPSA) is 12.0 Å². The lowest BCUT2D eigenvalue weighted by Crippen LogP contribution is -2.29. The molecule has 12 heavy (non-hydrogen) atoms. The summed E-state index contributed by atoms with van der Waals surface area (Å²) >= 11 is 0. The van der Waals surface area contributed by atoms with Gasteiger partial charge < -0.3 is 5.32 Å². The molecule has 0 radical (unpaired) electrons. The van der Waals surface area contributed by atoms with E-state index in [9.17, 15) is 0 Å². The van der Waals surface area contributed by atoms with E-state index in [1.807, 2.05) is 6.08 Å². The number of piperidine rings is 1. The van der Waals surface area contributed by atoms with Gasteiger partial charge in [-0.3, -0.25) is 0 Å². The summed E-state index contributed by atoms with van der Waals surface area (Å²) < 4.78 is 0. The van der Waals surface area contributed by atoms with Crippen LogP contribution < -0.4 is 5.32 Å². The molecule has 0 aromatic heterocycles. The SMILES string of the molecule is C=CCC(=C)CC1CCCNC1. The van der Waals surface area contributed by atoms with E-state index >= 15 is 0 Å². The van der Waals surface area contributed by atoms with Crippen molar-refractivity contribution in [2.75, 3.05) is 13.1 Å². The van der Waals surface area contributed by atoms with Crippen molar-refractivity contribution < 1.29 is 0 Å². The lowest BCUT2D eigenvalue weighted by atomic mass is 9.92. The molecule has 0 saturated carbocycles. The van der Waals surface area contributed by atoms with Crippen molar-refractivity contribution in [2.24, 2.45) is 5.92 Å². The van der Waals surface area contributed by atoms with E-state index < -0.39 is 0 Å². The van der Waals surface area contributed by atoms with Crippen LogP contribution in [0.2, 0.25) is 0 Å². The summed E-state index contributed by atoms with van der Waals surface area (Å²) in [6, 6.07) is 0. The molecule has 68 valence electrons. The van der Waals surface area contributed by atoms with Gasteiger partial charge in [0.1, 0.15) is 0 Å². The van der Waals surface area contributed by atoms with Crippen molar-refractivity contribution in [3.63, 3.8) is 0 Å². The van der Waals surface area contributed by atoms with Crippen LogP contribution in [-0.2, 0) is 0 Å². The van der Waals surface area contributed by atoms with E-state index in [2.05, 4.69) is 18.5 Å². The minimum Gasteiger partial charge on any atom is -0.316 e. The molecule has 1 atom stereocenters. The van der Waals surface area contributed by atoms with Gasteiger partial charge in [-0.05, 0) is 44.7 Å². The molecule has 1 heteroatoms. The number of allylic oxidation sites excluding steroid dienone is 2. The van der Waals surface area contributed by atoms with Crippen molar-refractivity contribution in [3.05, 3.63) is 24.8 Å². The molecule has 1 rings (SSSR count). The molecular formula is C11H19N. The highest BCUT2D eigenvalue weighted by Gasteiger charge is 2.12. The third-order valence-corrected chi connectivity index (χ3v) is 2.41. The molecule has 0 aromatic carbocycles. The molecule has 0 spiro atoms. The second kappa shape index (κ2) is 5.15. The Morgan fingerprint density at radius 2 is 2.42 bits per heavy atom. The largest absolute Gasteiger partial charge is 0.316 e. The molecule has 1 aliphatic rings. The van der Waals surface area contributed by atoms with Gasteiger partial charge in [-0.1, -0.05) is 18.2 Å². The van der Waals surface area contributed by atoms with Gasteiger partial charge in [0.05, 0.1) is 0 Å². The monoisotopic (exact) mass is 165 g/mol. The zero-order chi connectivity index (χ0) is 8.81. The molecule has 0 aliphatic carbocycles. The average Bonchev–Trinajstić information content (AvgIpc) is 2.06. The maximum Gasteiger partial charge on any atom is -0.00174 e. The fourth-order valence-corrected chi connectivity index (χ4v) is 1.79. The molecule has 1 fully saturated rings. The van der Waals surface area contributed by atoms with Crippen LogP contribution in [0.15, 0.2) is 24.8 Å². The zero-order valence-corrected chi connectivity index (χ0v) is 7.81. The number of hydrogen-bond acceptors (Lipinski definition) is 1. The van der Waals surface area contributed by atoms with Gasteiger partial charge in [-0.15, -0.1) is 6.58 Å². The van der Waals surface area contributed by atoms with Gasteiger partial charge in [-0.25, -0.2) is 0 Å². The average molecular weight is 165 g/mol. The van der Waals surface area contributed by atoms with Gasteiger partial charge in [0.25, 0.3) is 0 Å². The molecule has 0 amide bonds. The van der Waals surface area contributed by atoms with Gasteiger partial charge >= 0.3 is 0 Å².